The SMILES string of the molecule is O=S(=O)([O-])c1ccccc1N(C(CO)COc1ccccc1)C(CO)COc1ccccc1.[Li+]. The Labute approximate surface area is 211 Å². The second-order valence-corrected chi connectivity index (χ2v) is 8.60. The summed E-state index contributed by atoms with van der Waals surface area (Å²) >= 11 is 0. The second-order valence-electron chi connectivity index (χ2n) is 7.25. The molecular formula is C24H26LiNO7S. The molecule has 0 fully saturated rings. The largest absolute Gasteiger partial charge is 1.00 e. The summed E-state index contributed by atoms with van der Waals surface area (Å²) in [4.78, 5) is 1.03. The number of hydrogen-bond donors (Lipinski definition) is 2. The van der Waals surface area contributed by atoms with E-state index in [2.05, 4.69) is 0 Å². The van der Waals surface area contributed by atoms with Gasteiger partial charge >= 0.3 is 18.9 Å². The maximum absolute atomic E-state index is 12.0. The van der Waals surface area contributed by atoms with Crippen LogP contribution in [-0.4, -0.2) is 61.7 Å². The van der Waals surface area contributed by atoms with E-state index in [0.717, 1.165) is 0 Å². The Hall–Kier alpha value is -2.51. The van der Waals surface area contributed by atoms with Gasteiger partial charge in [0.05, 0.1) is 35.9 Å². The van der Waals surface area contributed by atoms with Gasteiger partial charge in [0.2, 0.25) is 0 Å². The summed E-state index contributed by atoms with van der Waals surface area (Å²) in [5.74, 6) is 1.11. The average Bonchev–Trinajstić information content (AvgIpc) is 2.84. The molecule has 3 aromatic rings. The van der Waals surface area contributed by atoms with Gasteiger partial charge < -0.3 is 29.1 Å². The first-order valence-electron chi connectivity index (χ1n) is 10.3. The average molecular weight is 479 g/mol. The molecule has 2 N–H and O–H groups in total. The fourth-order valence-electron chi connectivity index (χ4n) is 3.43. The van der Waals surface area contributed by atoms with Crippen molar-refractivity contribution < 1.29 is 51.5 Å². The molecule has 0 aliphatic heterocycles. The van der Waals surface area contributed by atoms with E-state index in [1.807, 2.05) is 12.1 Å². The Morgan fingerprint density at radius 3 is 1.56 bits per heavy atom. The molecule has 0 heterocycles. The maximum Gasteiger partial charge on any atom is 1.00 e. The summed E-state index contributed by atoms with van der Waals surface area (Å²) in [6.07, 6.45) is 0. The minimum atomic E-state index is -4.83. The normalized spacial score (nSPS) is 12.8. The minimum absolute atomic E-state index is 0. The van der Waals surface area contributed by atoms with E-state index in [4.69, 9.17) is 9.47 Å². The van der Waals surface area contributed by atoms with E-state index >= 15 is 0 Å². The predicted molar refractivity (Wildman–Crippen MR) is 123 cm³/mol. The minimum Gasteiger partial charge on any atom is -0.744 e. The summed E-state index contributed by atoms with van der Waals surface area (Å²) in [5.41, 5.74) is 0.0546. The van der Waals surface area contributed by atoms with Crippen molar-refractivity contribution in [1.82, 2.24) is 0 Å². The van der Waals surface area contributed by atoms with Crippen LogP contribution in [0.1, 0.15) is 0 Å². The molecular weight excluding hydrogens is 453 g/mol. The summed E-state index contributed by atoms with van der Waals surface area (Å²) in [6.45, 7) is -0.922. The molecule has 176 valence electrons. The van der Waals surface area contributed by atoms with Gasteiger partial charge in [-0.15, -0.1) is 0 Å². The number of aliphatic hydroxyl groups excluding tert-OH is 2. The number of anilines is 1. The van der Waals surface area contributed by atoms with Crippen LogP contribution in [0.3, 0.4) is 0 Å². The van der Waals surface area contributed by atoms with Crippen LogP contribution in [0.5, 0.6) is 11.5 Å². The van der Waals surface area contributed by atoms with Gasteiger partial charge in [0.25, 0.3) is 0 Å². The van der Waals surface area contributed by atoms with Gasteiger partial charge in [-0.25, -0.2) is 8.42 Å². The first-order chi connectivity index (χ1) is 15.9. The summed E-state index contributed by atoms with van der Waals surface area (Å²) in [7, 11) is -4.83. The standard InChI is InChI=1S/C24H27NO7S.Li/c26-15-19(17-31-21-9-3-1-4-10-21)25(23-13-7-8-14-24(23)33(28,29)30)20(16-27)18-32-22-11-5-2-6-12-22;/h1-14,19-20,26-27H,15-18H2,(H,28,29,30);/q;+1/p-1. The fraction of sp³-hybridized carbons (Fsp3) is 0.250. The van der Waals surface area contributed by atoms with Crippen LogP contribution < -0.4 is 33.2 Å². The predicted octanol–water partition coefficient (Wildman–Crippen LogP) is -0.719. The number of rotatable bonds is 12. The van der Waals surface area contributed by atoms with E-state index < -0.39 is 40.3 Å². The van der Waals surface area contributed by atoms with Crippen LogP contribution in [0.4, 0.5) is 5.69 Å². The van der Waals surface area contributed by atoms with Crippen LogP contribution in [-0.2, 0) is 10.1 Å². The molecule has 34 heavy (non-hydrogen) atoms. The number of hydrogen-bond acceptors (Lipinski definition) is 8. The molecule has 2 unspecified atom stereocenters. The van der Waals surface area contributed by atoms with Crippen LogP contribution >= 0.6 is 0 Å². The van der Waals surface area contributed by atoms with Gasteiger partial charge in [-0.1, -0.05) is 48.5 Å². The Morgan fingerprint density at radius 1 is 0.735 bits per heavy atom. The van der Waals surface area contributed by atoms with E-state index in [9.17, 15) is 23.2 Å². The van der Waals surface area contributed by atoms with Gasteiger partial charge in [-0.05, 0) is 36.4 Å². The van der Waals surface area contributed by atoms with Crippen molar-refractivity contribution in [2.24, 2.45) is 0 Å². The van der Waals surface area contributed by atoms with Gasteiger partial charge in [0, 0.05) is 0 Å². The van der Waals surface area contributed by atoms with Crippen molar-refractivity contribution in [3.63, 3.8) is 0 Å². The Balaban J connectivity index is 0.00000408. The molecule has 3 aromatic carbocycles. The van der Waals surface area contributed by atoms with Gasteiger partial charge in [0.1, 0.15) is 34.8 Å². The Kier molecular flexibility index (Phi) is 10.9. The fourth-order valence-corrected chi connectivity index (χ4v) is 4.11. The first kappa shape index (κ1) is 27.7. The zero-order valence-electron chi connectivity index (χ0n) is 18.9. The summed E-state index contributed by atoms with van der Waals surface area (Å²) in [6, 6.07) is 21.9. The third-order valence-corrected chi connectivity index (χ3v) is 5.88. The molecule has 0 spiro atoms. The molecule has 0 saturated carbocycles. The molecule has 0 aromatic heterocycles. The van der Waals surface area contributed by atoms with Crippen molar-refractivity contribution in [1.29, 1.82) is 0 Å². The number of para-hydroxylation sites is 3. The van der Waals surface area contributed by atoms with Crippen LogP contribution in [0.15, 0.2) is 89.8 Å². The smallest absolute Gasteiger partial charge is 0.744 e. The summed E-state index contributed by atoms with van der Waals surface area (Å²) < 4.78 is 47.5. The van der Waals surface area contributed by atoms with Crippen LogP contribution in [0, 0.1) is 0 Å². The monoisotopic (exact) mass is 479 g/mol. The maximum atomic E-state index is 12.0. The van der Waals surface area contributed by atoms with Gasteiger partial charge in [0.15, 0.2) is 0 Å². The first-order valence-corrected chi connectivity index (χ1v) is 11.8. The van der Waals surface area contributed by atoms with E-state index in [1.165, 1.54) is 23.1 Å². The quantitative estimate of drug-likeness (QED) is 0.258. The molecule has 0 radical (unpaired) electrons. The molecule has 3 rings (SSSR count). The van der Waals surface area contributed by atoms with Crippen molar-refractivity contribution in [3.8, 4) is 11.5 Å². The van der Waals surface area contributed by atoms with Crippen molar-refractivity contribution in [3.05, 3.63) is 84.9 Å². The van der Waals surface area contributed by atoms with E-state index in [-0.39, 0.29) is 37.8 Å². The topological polar surface area (TPSA) is 119 Å². The number of aliphatic hydroxyl groups is 2. The number of benzene rings is 3. The molecule has 8 nitrogen and oxygen atoms in total. The van der Waals surface area contributed by atoms with Crippen LogP contribution in [0.2, 0.25) is 0 Å². The molecule has 0 aliphatic carbocycles. The third-order valence-electron chi connectivity index (χ3n) is 4.99. The van der Waals surface area contributed by atoms with E-state index in [0.29, 0.717) is 11.5 Å². The van der Waals surface area contributed by atoms with Crippen LogP contribution in [0.25, 0.3) is 0 Å². The third kappa shape index (κ3) is 7.50. The molecule has 10 heteroatoms. The van der Waals surface area contributed by atoms with Crippen molar-refractivity contribution in [2.75, 3.05) is 31.3 Å². The second kappa shape index (κ2) is 13.4. The number of ether oxygens (including phenoxy) is 2. The van der Waals surface area contributed by atoms with Crippen molar-refractivity contribution >= 4 is 15.8 Å². The molecule has 0 bridgehead atoms. The Morgan fingerprint density at radius 2 is 1.15 bits per heavy atom. The molecule has 0 saturated heterocycles. The summed E-state index contributed by atoms with van der Waals surface area (Å²) in [5, 5.41) is 20.4. The van der Waals surface area contributed by atoms with Crippen molar-refractivity contribution in [2.45, 2.75) is 17.0 Å². The zero-order valence-corrected chi connectivity index (χ0v) is 19.7. The van der Waals surface area contributed by atoms with Gasteiger partial charge in [-0.2, -0.15) is 0 Å². The molecule has 0 aliphatic rings. The van der Waals surface area contributed by atoms with Gasteiger partial charge in [-0.3, -0.25) is 0 Å². The molecule has 0 amide bonds. The van der Waals surface area contributed by atoms with E-state index in [1.54, 1.807) is 54.6 Å². The molecule has 2 atom stereocenters. The Bertz CT molecular complexity index is 1050. The number of nitrogens with zero attached hydrogens (tertiary/aromatic N) is 1. The zero-order chi connectivity index (χ0) is 23.7.